The van der Waals surface area contributed by atoms with Crippen molar-refractivity contribution in [1.29, 1.82) is 0 Å². The van der Waals surface area contributed by atoms with Crippen LogP contribution >= 0.6 is 15.6 Å². The van der Waals surface area contributed by atoms with Crippen molar-refractivity contribution >= 4 is 51.3 Å². The highest BCUT2D eigenvalue weighted by Gasteiger charge is 2.55. The number of carbonyl (C=O) groups is 6. The number of hydrogen-bond acceptors (Lipinski definition) is 21. The highest BCUT2D eigenvalue weighted by atomic mass is 31.2. The SMILES string of the molecule is CCCCCC/C=C\CCCCCCCCOC(CCCCCCCCCCC)CC(=O)NC1[C@H](OCC2OC(OP(=O)(O)O)C(NC(=O)CC(CCCCCCCCCCC)OC(=O)CCCCCCCCCCCCCCC)[C@@H](OC(=O)CC(O)CCCCCCCCCCC)[C@@H]2O)OC(CO)C(OP(=O)(O)O)[C@@H]1OC(=O)CC(CCCCCCCCCCC)OC(=O)CCCCCCCCCCCC. The summed E-state index contributed by atoms with van der Waals surface area (Å²) < 4.78 is 88.4. The average molecular weight is 2060 g/mol. The number of amides is 2. The van der Waals surface area contributed by atoms with Gasteiger partial charge in [-0.3, -0.25) is 37.8 Å². The Kier molecular flexibility index (Phi) is 87.6. The number of phosphoric ester groups is 2. The Morgan fingerprint density at radius 2 is 0.620 bits per heavy atom. The molecule has 836 valence electrons. The molecular weight excluding hydrogens is 1850 g/mol. The lowest BCUT2D eigenvalue weighted by Crippen LogP contribution is -2.68. The Morgan fingerprint density at radius 3 is 0.993 bits per heavy atom. The number of hydrogen-bond donors (Lipinski definition) is 9. The van der Waals surface area contributed by atoms with Crippen LogP contribution in [-0.2, 0) is 84.8 Å². The minimum Gasteiger partial charge on any atom is -0.462 e. The van der Waals surface area contributed by atoms with Gasteiger partial charge in [0.25, 0.3) is 0 Å². The van der Waals surface area contributed by atoms with E-state index < -0.39 is 170 Å². The summed E-state index contributed by atoms with van der Waals surface area (Å²) in [6.45, 7) is 13.6. The number of carbonyl (C=O) groups excluding carboxylic acids is 6. The summed E-state index contributed by atoms with van der Waals surface area (Å²) >= 11 is 0. The van der Waals surface area contributed by atoms with E-state index in [0.717, 1.165) is 289 Å². The van der Waals surface area contributed by atoms with Crippen molar-refractivity contribution in [3.63, 3.8) is 0 Å². The molecule has 0 bridgehead atoms. The second kappa shape index (κ2) is 92.4. The molecule has 0 aromatic carbocycles. The smallest absolute Gasteiger partial charge is 0.462 e. The van der Waals surface area contributed by atoms with Crippen molar-refractivity contribution in [2.24, 2.45) is 0 Å². The second-order valence-electron chi connectivity index (χ2n) is 41.7. The maximum atomic E-state index is 15.4. The van der Waals surface area contributed by atoms with Gasteiger partial charge in [0.15, 0.2) is 24.8 Å². The Morgan fingerprint density at radius 1 is 0.324 bits per heavy atom. The predicted molar refractivity (Wildman–Crippen MR) is 568 cm³/mol. The standard InChI is InChI=1S/C113H214N2O25P2/c1-8-15-22-29-36-43-46-48-50-52-59-66-73-80-87-131-95(82-75-68-61-54-40-33-26-19-12-5)89-100(118)115-107-111(138-105(123)91-97(84-77-70-63-56-42-35-28-21-14-7)134-103(121)86-79-72-64-57-45-38-31-24-17-10-3)109(139-141(125,126)127)98(92-116)135-112(107)132-93-99-108(124)110(137-104(122)88-94(117)81-74-67-60-53-39-32-25-18-11-4)106(113(136-99)140-142(128,129)130)114-101(119)90-96(83-76-69-62-55-41-34-27-20-13-6)133-102(120)85-78-71-65-58-51-49-47-44-37-30-23-16-9-2/h43,46,94-99,106-113,116-117,124H,8-42,44-45,47-93H2,1-7H3,(H,114,119)(H,115,118)(H2,125,126,127)(H2,128,129,130)/b46-43-/t94?,95?,96?,97?,98?,99?,106?,107?,108-,109?,110-,111-,112-,113?/m1/s1. The topological polar surface area (TPSA) is 395 Å². The molecule has 2 aliphatic heterocycles. The van der Waals surface area contributed by atoms with Gasteiger partial charge in [-0.05, 0) is 83.5 Å². The van der Waals surface area contributed by atoms with E-state index in [9.17, 15) is 63.2 Å². The van der Waals surface area contributed by atoms with Gasteiger partial charge >= 0.3 is 39.5 Å². The monoisotopic (exact) mass is 2060 g/mol. The van der Waals surface area contributed by atoms with Gasteiger partial charge in [-0.1, -0.05) is 459 Å². The molecule has 0 aromatic heterocycles. The maximum absolute atomic E-state index is 15.4. The molecule has 27 nitrogen and oxygen atoms in total. The first-order valence-electron chi connectivity index (χ1n) is 58.9. The van der Waals surface area contributed by atoms with Gasteiger partial charge in [0.1, 0.15) is 48.7 Å². The highest BCUT2D eigenvalue weighted by Crippen LogP contribution is 2.45. The first-order chi connectivity index (χ1) is 68.8. The van der Waals surface area contributed by atoms with Gasteiger partial charge in [0.05, 0.1) is 51.1 Å². The second-order valence-corrected chi connectivity index (χ2v) is 44.0. The molecule has 2 fully saturated rings. The fourth-order valence-corrected chi connectivity index (χ4v) is 20.5. The van der Waals surface area contributed by atoms with Crippen LogP contribution in [0.4, 0.5) is 0 Å². The van der Waals surface area contributed by atoms with Gasteiger partial charge in [-0.25, -0.2) is 9.13 Å². The van der Waals surface area contributed by atoms with Crippen molar-refractivity contribution < 1.29 is 120 Å². The van der Waals surface area contributed by atoms with E-state index in [1.807, 2.05) is 0 Å². The lowest BCUT2D eigenvalue weighted by molar-refractivity contribution is -0.297. The van der Waals surface area contributed by atoms with Crippen LogP contribution in [0.3, 0.4) is 0 Å². The number of nitrogens with one attached hydrogen (secondary N) is 2. The van der Waals surface area contributed by atoms with Crippen LogP contribution in [0.25, 0.3) is 0 Å². The van der Waals surface area contributed by atoms with Crippen LogP contribution in [0.15, 0.2) is 12.2 Å². The molecule has 29 heteroatoms. The summed E-state index contributed by atoms with van der Waals surface area (Å²) in [6.07, 6.45) is 57.8. The minimum absolute atomic E-state index is 0.0927. The molecule has 2 aliphatic rings. The number of aliphatic hydroxyl groups is 3. The van der Waals surface area contributed by atoms with Crippen LogP contribution in [0.2, 0.25) is 0 Å². The minimum atomic E-state index is -5.73. The van der Waals surface area contributed by atoms with E-state index >= 15 is 9.59 Å². The van der Waals surface area contributed by atoms with E-state index in [1.165, 1.54) is 128 Å². The summed E-state index contributed by atoms with van der Waals surface area (Å²) in [5.74, 6) is -4.74. The molecular formula is C113H214N2O25P2. The number of ether oxygens (including phenoxy) is 8. The van der Waals surface area contributed by atoms with Gasteiger partial charge in [0.2, 0.25) is 11.8 Å². The molecule has 2 heterocycles. The Hall–Kier alpha value is -3.50. The predicted octanol–water partition coefficient (Wildman–Crippen LogP) is 28.0. The quantitative estimate of drug-likeness (QED) is 0.00898. The Labute approximate surface area is 863 Å². The molecule has 2 rings (SSSR count). The third kappa shape index (κ3) is 76.1. The molecule has 0 spiro atoms. The van der Waals surface area contributed by atoms with E-state index in [4.69, 9.17) is 46.9 Å². The largest absolute Gasteiger partial charge is 0.472 e. The summed E-state index contributed by atoms with van der Waals surface area (Å²) in [6, 6.07) is -3.81. The highest BCUT2D eigenvalue weighted by molar-refractivity contribution is 7.46. The summed E-state index contributed by atoms with van der Waals surface area (Å²) in [7, 11) is -11.4. The molecule has 0 radical (unpaired) electrons. The number of unbranched alkanes of at least 4 members (excludes halogenated alkanes) is 63. The van der Waals surface area contributed by atoms with Gasteiger partial charge in [0, 0.05) is 19.4 Å². The number of phosphoric acid groups is 2. The van der Waals surface area contributed by atoms with Crippen LogP contribution in [0.1, 0.15) is 569 Å². The van der Waals surface area contributed by atoms with Crippen LogP contribution in [0.5, 0.6) is 0 Å². The average Bonchev–Trinajstić information content (AvgIpc) is 0.775. The Balaban J connectivity index is 2.91. The molecule has 2 amide bonds. The molecule has 0 aliphatic carbocycles. The zero-order valence-corrected chi connectivity index (χ0v) is 92.8. The summed E-state index contributed by atoms with van der Waals surface area (Å²) in [4.78, 5) is 131. The molecule has 142 heavy (non-hydrogen) atoms. The first-order valence-corrected chi connectivity index (χ1v) is 61.9. The number of rotatable bonds is 102. The lowest BCUT2D eigenvalue weighted by Gasteiger charge is -2.47. The van der Waals surface area contributed by atoms with Crippen molar-refractivity contribution in [1.82, 2.24) is 10.6 Å². The fourth-order valence-electron chi connectivity index (χ4n) is 19.5. The Bertz CT molecular complexity index is 3110. The molecule has 9 N–H and O–H groups in total. The van der Waals surface area contributed by atoms with E-state index in [-0.39, 0.29) is 38.5 Å². The zero-order chi connectivity index (χ0) is 104. The summed E-state index contributed by atoms with van der Waals surface area (Å²) in [5.41, 5.74) is 0. The molecule has 0 aromatic rings. The fraction of sp³-hybridized carbons (Fsp3) is 0.929. The molecule has 10 unspecified atom stereocenters. The number of esters is 4. The first kappa shape index (κ1) is 135. The number of aliphatic hydroxyl groups excluding tert-OH is 3. The third-order valence-corrected chi connectivity index (χ3v) is 29.1. The van der Waals surface area contributed by atoms with Crippen molar-refractivity contribution in [2.45, 2.75) is 654 Å². The summed E-state index contributed by atoms with van der Waals surface area (Å²) in [5, 5.41) is 41.3. The third-order valence-electron chi connectivity index (χ3n) is 28.1. The van der Waals surface area contributed by atoms with Gasteiger partial charge in [-0.15, -0.1) is 0 Å². The van der Waals surface area contributed by atoms with E-state index in [1.54, 1.807) is 0 Å². The van der Waals surface area contributed by atoms with Crippen molar-refractivity contribution in [3.8, 4) is 0 Å². The molecule has 0 saturated carbocycles. The number of allylic oxidation sites excluding steroid dienone is 2. The molecule has 14 atom stereocenters. The van der Waals surface area contributed by atoms with Crippen LogP contribution in [-0.4, -0.2) is 176 Å². The van der Waals surface area contributed by atoms with E-state index in [0.29, 0.717) is 51.6 Å². The zero-order valence-electron chi connectivity index (χ0n) is 91.0. The maximum Gasteiger partial charge on any atom is 0.472 e. The van der Waals surface area contributed by atoms with Gasteiger partial charge in [-0.2, -0.15) is 0 Å². The van der Waals surface area contributed by atoms with Crippen molar-refractivity contribution in [3.05, 3.63) is 12.2 Å². The van der Waals surface area contributed by atoms with Gasteiger partial charge < -0.3 is 83.4 Å². The van der Waals surface area contributed by atoms with E-state index in [2.05, 4.69) is 71.3 Å². The molecule has 2 saturated heterocycles. The van der Waals surface area contributed by atoms with Crippen LogP contribution in [0, 0.1) is 0 Å². The van der Waals surface area contributed by atoms with Crippen molar-refractivity contribution in [2.75, 3.05) is 19.8 Å². The normalized spacial score (nSPS) is 19.3. The lowest BCUT2D eigenvalue weighted by atomic mass is 9.95. The van der Waals surface area contributed by atoms with Crippen LogP contribution < -0.4 is 10.6 Å².